The Hall–Kier alpha value is -4.26. The Morgan fingerprint density at radius 2 is 1.84 bits per heavy atom. The van der Waals surface area contributed by atoms with E-state index in [4.69, 9.17) is 0 Å². The minimum Gasteiger partial charge on any atom is -0.494 e. The number of hydrogen-bond donors (Lipinski definition) is 4. The van der Waals surface area contributed by atoms with Gasteiger partial charge >= 0.3 is 11.7 Å². The number of carbonyl (C=O) groups excluding carboxylic acids is 3. The molecule has 0 radical (unpaired) electrons. The predicted octanol–water partition coefficient (Wildman–Crippen LogP) is -0.178. The lowest BCUT2D eigenvalue weighted by atomic mass is 9.68. The first-order valence-corrected chi connectivity index (χ1v) is 12.6. The monoisotopic (exact) mass is 523 g/mol. The molecule has 5 rings (SSSR count). The van der Waals surface area contributed by atoms with Gasteiger partial charge in [0.15, 0.2) is 5.41 Å². The first-order valence-electron chi connectivity index (χ1n) is 12.6. The number of nitrogens with zero attached hydrogens (tertiary/aromatic N) is 4. The van der Waals surface area contributed by atoms with Crippen LogP contribution in [0.2, 0.25) is 0 Å². The van der Waals surface area contributed by atoms with Crippen molar-refractivity contribution in [3.05, 3.63) is 50.2 Å². The minimum absolute atomic E-state index is 0.0581. The molecule has 0 unspecified atom stereocenters. The number of aromatic amines is 1. The molecule has 13 nitrogen and oxygen atoms in total. The van der Waals surface area contributed by atoms with Crippen molar-refractivity contribution in [2.45, 2.75) is 39.3 Å². The quantitative estimate of drug-likeness (QED) is 0.309. The van der Waals surface area contributed by atoms with Crippen molar-refractivity contribution in [2.24, 2.45) is 10.4 Å². The van der Waals surface area contributed by atoms with E-state index in [1.54, 1.807) is 12.1 Å². The van der Waals surface area contributed by atoms with Gasteiger partial charge < -0.3 is 10.0 Å². The summed E-state index contributed by atoms with van der Waals surface area (Å²) < 4.78 is 1.07. The summed E-state index contributed by atoms with van der Waals surface area (Å²) in [6.45, 7) is 6.67. The van der Waals surface area contributed by atoms with E-state index < -0.39 is 46.4 Å². The zero-order chi connectivity index (χ0) is 27.2. The second kappa shape index (κ2) is 9.56. The average molecular weight is 524 g/mol. The van der Waals surface area contributed by atoms with E-state index in [0.29, 0.717) is 30.8 Å². The molecule has 1 spiro atoms. The molecule has 1 aromatic heterocycles. The molecule has 3 aliphatic heterocycles. The zero-order valence-electron chi connectivity index (χ0n) is 21.1. The first-order chi connectivity index (χ1) is 18.2. The van der Waals surface area contributed by atoms with Gasteiger partial charge in [0.05, 0.1) is 11.7 Å². The summed E-state index contributed by atoms with van der Waals surface area (Å²) in [4.78, 5) is 73.5. The molecule has 2 aromatic rings. The van der Waals surface area contributed by atoms with Gasteiger partial charge in [-0.25, -0.2) is 9.59 Å². The molecule has 38 heavy (non-hydrogen) atoms. The van der Waals surface area contributed by atoms with Crippen molar-refractivity contribution >= 4 is 35.4 Å². The number of barbiturate groups is 1. The smallest absolute Gasteiger partial charge is 0.331 e. The van der Waals surface area contributed by atoms with Crippen LogP contribution >= 0.6 is 0 Å². The van der Waals surface area contributed by atoms with Crippen LogP contribution in [0.25, 0.3) is 0 Å². The van der Waals surface area contributed by atoms with Crippen LogP contribution in [0.3, 0.4) is 0 Å². The molecule has 0 saturated carbocycles. The Bertz CT molecular complexity index is 1460. The summed E-state index contributed by atoms with van der Waals surface area (Å²) in [6.07, 6.45) is 1.81. The van der Waals surface area contributed by atoms with Crippen LogP contribution < -0.4 is 26.8 Å². The SMILES string of the molecule is CCCn1c(O)c(C=Nc2ccc3c(c2)CC2(C(=O)NC(=O)NC2=O)[C@H]2CN(CC)CCN32)c(=O)[nH]c1=O. The van der Waals surface area contributed by atoms with Crippen molar-refractivity contribution in [1.29, 1.82) is 0 Å². The Balaban J connectivity index is 1.55. The Morgan fingerprint density at radius 3 is 2.53 bits per heavy atom. The number of H-pyrrole nitrogens is 1. The van der Waals surface area contributed by atoms with Crippen LogP contribution in [-0.4, -0.2) is 75.8 Å². The van der Waals surface area contributed by atoms with Crippen molar-refractivity contribution in [3.63, 3.8) is 0 Å². The Morgan fingerprint density at radius 1 is 1.11 bits per heavy atom. The van der Waals surface area contributed by atoms with Crippen LogP contribution in [-0.2, 0) is 22.6 Å². The topological polar surface area (TPSA) is 169 Å². The summed E-state index contributed by atoms with van der Waals surface area (Å²) in [7, 11) is 0. The van der Waals surface area contributed by atoms with E-state index in [2.05, 4.69) is 25.5 Å². The standard InChI is InChI=1S/C25H29N7O6/c1-3-7-32-20(34)16(19(33)27-24(32)38)12-26-15-5-6-17-14(10-15)11-25(21(35)28-23(37)29-22(25)36)18-13-30(4-2)8-9-31(17)18/h5-6,10,12,18,34H,3-4,7-9,11,13H2,1-2H3,(H,27,33,38)(H2,28,29,35,36,37)/t18-/m1/s1. The van der Waals surface area contributed by atoms with E-state index in [1.165, 1.54) is 6.21 Å². The molecule has 200 valence electrons. The van der Waals surface area contributed by atoms with E-state index in [-0.39, 0.29) is 18.5 Å². The molecular formula is C25H29N7O6. The van der Waals surface area contributed by atoms with Gasteiger partial charge in [-0.1, -0.05) is 13.8 Å². The molecule has 13 heteroatoms. The third-order valence-electron chi connectivity index (χ3n) is 7.58. The molecule has 0 aliphatic carbocycles. The number of nitrogens with one attached hydrogen (secondary N) is 3. The predicted molar refractivity (Wildman–Crippen MR) is 138 cm³/mol. The number of hydrogen-bond acceptors (Lipinski definition) is 9. The van der Waals surface area contributed by atoms with Crippen LogP contribution in [0.4, 0.5) is 16.2 Å². The van der Waals surface area contributed by atoms with E-state index >= 15 is 0 Å². The number of aromatic hydroxyl groups is 1. The largest absolute Gasteiger partial charge is 0.494 e. The lowest BCUT2D eigenvalue weighted by Crippen LogP contribution is -2.74. The highest BCUT2D eigenvalue weighted by Crippen LogP contribution is 2.45. The number of aromatic nitrogens is 2. The third-order valence-corrected chi connectivity index (χ3v) is 7.58. The zero-order valence-corrected chi connectivity index (χ0v) is 21.1. The number of urea groups is 1. The van der Waals surface area contributed by atoms with Gasteiger partial charge in [-0.3, -0.25) is 44.5 Å². The number of anilines is 1. The first kappa shape index (κ1) is 25.4. The van der Waals surface area contributed by atoms with Gasteiger partial charge in [0, 0.05) is 38.1 Å². The summed E-state index contributed by atoms with van der Waals surface area (Å²) in [5, 5.41) is 15.1. The molecule has 2 saturated heterocycles. The lowest BCUT2D eigenvalue weighted by Gasteiger charge is -2.54. The fourth-order valence-electron chi connectivity index (χ4n) is 5.62. The van der Waals surface area contributed by atoms with Gasteiger partial charge in [0.2, 0.25) is 17.7 Å². The minimum atomic E-state index is -1.51. The van der Waals surface area contributed by atoms with Crippen molar-refractivity contribution < 1.29 is 19.5 Å². The number of benzene rings is 1. The fourth-order valence-corrected chi connectivity index (χ4v) is 5.62. The molecule has 3 aliphatic rings. The number of likely N-dealkylation sites (N-methyl/N-ethyl adjacent to an activating group) is 1. The Kier molecular flexibility index (Phi) is 6.39. The molecule has 2 fully saturated rings. The molecule has 0 bridgehead atoms. The number of amides is 4. The number of carbonyl (C=O) groups is 3. The van der Waals surface area contributed by atoms with Crippen molar-refractivity contribution in [2.75, 3.05) is 31.1 Å². The lowest BCUT2D eigenvalue weighted by molar-refractivity contribution is -0.147. The highest BCUT2D eigenvalue weighted by molar-refractivity contribution is 6.20. The number of rotatable bonds is 5. The van der Waals surface area contributed by atoms with Gasteiger partial charge in [-0.2, -0.15) is 0 Å². The molecule has 1 atom stereocenters. The summed E-state index contributed by atoms with van der Waals surface area (Å²) >= 11 is 0. The Labute approximate surface area is 217 Å². The maximum absolute atomic E-state index is 13.3. The number of fused-ring (bicyclic) bond motifs is 4. The van der Waals surface area contributed by atoms with E-state index in [0.717, 1.165) is 23.3 Å². The van der Waals surface area contributed by atoms with Gasteiger partial charge in [0.25, 0.3) is 5.56 Å². The van der Waals surface area contributed by atoms with Crippen LogP contribution in [0.15, 0.2) is 32.8 Å². The second-order valence-electron chi connectivity index (χ2n) is 9.71. The molecule has 4 N–H and O–H groups in total. The number of aliphatic imine (C=N–C) groups is 1. The second-order valence-corrected chi connectivity index (χ2v) is 9.71. The van der Waals surface area contributed by atoms with Gasteiger partial charge in [-0.05, 0) is 43.1 Å². The third kappa shape index (κ3) is 3.99. The van der Waals surface area contributed by atoms with Crippen LogP contribution in [0.5, 0.6) is 5.88 Å². The highest BCUT2D eigenvalue weighted by atomic mass is 16.3. The number of imide groups is 2. The molecular weight excluding hydrogens is 494 g/mol. The molecule has 4 heterocycles. The maximum atomic E-state index is 13.3. The highest BCUT2D eigenvalue weighted by Gasteiger charge is 2.60. The number of piperazine rings is 1. The molecule has 4 amide bonds. The van der Waals surface area contributed by atoms with Crippen molar-refractivity contribution in [3.8, 4) is 5.88 Å². The molecule has 1 aromatic carbocycles. The van der Waals surface area contributed by atoms with Crippen molar-refractivity contribution in [1.82, 2.24) is 25.1 Å². The van der Waals surface area contributed by atoms with E-state index in [1.807, 2.05) is 24.8 Å². The fraction of sp³-hybridized carbons (Fsp3) is 0.440. The van der Waals surface area contributed by atoms with Crippen LogP contribution in [0.1, 0.15) is 31.4 Å². The maximum Gasteiger partial charge on any atom is 0.331 e. The summed E-state index contributed by atoms with van der Waals surface area (Å²) in [6, 6.07) is 4.02. The van der Waals surface area contributed by atoms with Crippen LogP contribution in [0, 0.1) is 5.41 Å². The van der Waals surface area contributed by atoms with Gasteiger partial charge in [0.1, 0.15) is 5.56 Å². The van der Waals surface area contributed by atoms with Gasteiger partial charge in [-0.15, -0.1) is 0 Å². The normalized spacial score (nSPS) is 20.8. The van der Waals surface area contributed by atoms with E-state index in [9.17, 15) is 29.1 Å². The summed E-state index contributed by atoms with van der Waals surface area (Å²) in [5.41, 5.74) is -1.16. The average Bonchev–Trinajstić information content (AvgIpc) is 2.88. The summed E-state index contributed by atoms with van der Waals surface area (Å²) in [5.74, 6) is -1.74.